The molecule has 1 fully saturated rings. The predicted octanol–water partition coefficient (Wildman–Crippen LogP) is 5.69. The maximum Gasteiger partial charge on any atom is 0.406 e. The van der Waals surface area contributed by atoms with Gasteiger partial charge < -0.3 is 5.73 Å². The molecule has 0 spiro atoms. The topological polar surface area (TPSA) is 60.9 Å². The highest BCUT2D eigenvalue weighted by Crippen LogP contribution is 2.44. The first-order valence-corrected chi connectivity index (χ1v) is 11.1. The molecule has 164 valence electrons. The molecule has 0 atom stereocenters. The fourth-order valence-corrected chi connectivity index (χ4v) is 5.38. The third kappa shape index (κ3) is 3.63. The molecule has 1 saturated carbocycles. The van der Waals surface area contributed by atoms with Gasteiger partial charge in [-0.1, -0.05) is 54.6 Å². The Hall–Kier alpha value is -2.97. The van der Waals surface area contributed by atoms with Crippen molar-refractivity contribution in [2.45, 2.75) is 37.5 Å². The number of nitrogens with two attached hydrogens (primary N) is 1. The molecule has 2 heterocycles. The van der Waals surface area contributed by atoms with E-state index in [2.05, 4.69) is 4.98 Å². The molecule has 1 aliphatic rings. The minimum absolute atomic E-state index is 0.210. The number of benzene rings is 2. The van der Waals surface area contributed by atoms with Gasteiger partial charge >= 0.3 is 6.18 Å². The zero-order valence-corrected chi connectivity index (χ0v) is 17.8. The second-order valence-electron chi connectivity index (χ2n) is 8.23. The van der Waals surface area contributed by atoms with Crippen LogP contribution in [0.5, 0.6) is 0 Å². The molecule has 4 nitrogen and oxygen atoms in total. The summed E-state index contributed by atoms with van der Waals surface area (Å²) in [6, 6.07) is 17.2. The molecule has 0 unspecified atom stereocenters. The number of halogens is 3. The van der Waals surface area contributed by atoms with Crippen LogP contribution in [0.2, 0.25) is 0 Å². The predicted molar refractivity (Wildman–Crippen MR) is 121 cm³/mol. The molecule has 5 rings (SSSR count). The first-order chi connectivity index (χ1) is 15.3. The molecular formula is C24H20F3N3OS. The smallest absolute Gasteiger partial charge is 0.321 e. The maximum atomic E-state index is 13.1. The fourth-order valence-electron chi connectivity index (χ4n) is 4.22. The Labute approximate surface area is 186 Å². The van der Waals surface area contributed by atoms with Crippen molar-refractivity contribution in [3.8, 4) is 21.6 Å². The summed E-state index contributed by atoms with van der Waals surface area (Å²) in [5, 5.41) is 0.210. The third-order valence-corrected chi connectivity index (χ3v) is 7.21. The fraction of sp³-hybridized carbons (Fsp3) is 0.250. The van der Waals surface area contributed by atoms with Gasteiger partial charge in [-0.2, -0.15) is 13.2 Å². The van der Waals surface area contributed by atoms with Crippen molar-refractivity contribution in [2.24, 2.45) is 5.73 Å². The molecule has 2 N–H and O–H groups in total. The standard InChI is InChI=1S/C24H20F3N3OS/c25-24(26,27)13-30-14-29-21-19(22(30)31)18(15-5-2-1-3-6-15)20(32-21)16-7-9-17(10-8-16)23(28)11-4-12-23/h1-3,5-10,14H,4,11-13,28H2. The molecule has 2 aromatic heterocycles. The minimum atomic E-state index is -4.51. The summed E-state index contributed by atoms with van der Waals surface area (Å²) >= 11 is 1.31. The molecule has 0 radical (unpaired) electrons. The van der Waals surface area contributed by atoms with Gasteiger partial charge in [-0.15, -0.1) is 11.3 Å². The van der Waals surface area contributed by atoms with E-state index in [-0.39, 0.29) is 10.9 Å². The van der Waals surface area contributed by atoms with Crippen molar-refractivity contribution in [3.05, 3.63) is 76.8 Å². The van der Waals surface area contributed by atoms with Crippen LogP contribution < -0.4 is 11.3 Å². The third-order valence-electron chi connectivity index (χ3n) is 6.06. The van der Waals surface area contributed by atoms with Crippen LogP contribution in [-0.2, 0) is 12.1 Å². The highest BCUT2D eigenvalue weighted by molar-refractivity contribution is 7.22. The minimum Gasteiger partial charge on any atom is -0.321 e. The second-order valence-corrected chi connectivity index (χ2v) is 9.23. The Morgan fingerprint density at radius 3 is 2.31 bits per heavy atom. The van der Waals surface area contributed by atoms with E-state index in [9.17, 15) is 18.0 Å². The van der Waals surface area contributed by atoms with Crippen molar-refractivity contribution in [1.29, 1.82) is 0 Å². The summed E-state index contributed by atoms with van der Waals surface area (Å²) in [6.07, 6.45) is -0.519. The van der Waals surface area contributed by atoms with Gasteiger partial charge in [0.05, 0.1) is 11.7 Å². The van der Waals surface area contributed by atoms with Crippen molar-refractivity contribution in [2.75, 3.05) is 0 Å². The Balaban J connectivity index is 1.70. The van der Waals surface area contributed by atoms with Gasteiger partial charge in [0.15, 0.2) is 0 Å². The summed E-state index contributed by atoms with van der Waals surface area (Å²) < 4.78 is 39.6. The molecule has 32 heavy (non-hydrogen) atoms. The largest absolute Gasteiger partial charge is 0.406 e. The quantitative estimate of drug-likeness (QED) is 0.430. The van der Waals surface area contributed by atoms with Crippen LogP contribution >= 0.6 is 11.3 Å². The number of aromatic nitrogens is 2. The number of alkyl halides is 3. The van der Waals surface area contributed by atoms with E-state index in [1.807, 2.05) is 54.6 Å². The monoisotopic (exact) mass is 455 g/mol. The van der Waals surface area contributed by atoms with Gasteiger partial charge in [0.2, 0.25) is 0 Å². The average molecular weight is 456 g/mol. The Kier molecular flexibility index (Phi) is 4.94. The van der Waals surface area contributed by atoms with Crippen LogP contribution in [0.15, 0.2) is 65.7 Å². The Morgan fingerprint density at radius 1 is 1.03 bits per heavy atom. The van der Waals surface area contributed by atoms with Crippen LogP contribution in [-0.4, -0.2) is 15.7 Å². The molecule has 0 aliphatic heterocycles. The number of hydrogen-bond donors (Lipinski definition) is 1. The molecule has 2 aromatic carbocycles. The van der Waals surface area contributed by atoms with Gasteiger partial charge in [-0.3, -0.25) is 9.36 Å². The van der Waals surface area contributed by atoms with Crippen LogP contribution in [0.4, 0.5) is 13.2 Å². The molecule has 0 saturated heterocycles. The first-order valence-electron chi connectivity index (χ1n) is 10.3. The van der Waals surface area contributed by atoms with Crippen LogP contribution in [0, 0.1) is 0 Å². The van der Waals surface area contributed by atoms with Gasteiger partial charge in [-0.05, 0) is 36.0 Å². The zero-order chi connectivity index (χ0) is 22.5. The summed E-state index contributed by atoms with van der Waals surface area (Å²) in [5.74, 6) is 0. The lowest BCUT2D eigenvalue weighted by Crippen LogP contribution is -2.43. The van der Waals surface area contributed by atoms with E-state index in [0.717, 1.165) is 47.2 Å². The Morgan fingerprint density at radius 2 is 1.72 bits per heavy atom. The van der Waals surface area contributed by atoms with Crippen molar-refractivity contribution < 1.29 is 13.2 Å². The summed E-state index contributed by atoms with van der Waals surface area (Å²) in [5.41, 5.74) is 8.78. The Bertz CT molecular complexity index is 1340. The summed E-state index contributed by atoms with van der Waals surface area (Å²) in [7, 11) is 0. The van der Waals surface area contributed by atoms with Crippen LogP contribution in [0.3, 0.4) is 0 Å². The molecule has 4 aromatic rings. The van der Waals surface area contributed by atoms with E-state index < -0.39 is 18.3 Å². The SMILES string of the molecule is NC1(c2ccc(-c3sc4ncn(CC(F)(F)F)c(=O)c4c3-c3ccccc3)cc2)CCC1. The van der Waals surface area contributed by atoms with Gasteiger partial charge in [0.1, 0.15) is 11.4 Å². The number of thiophene rings is 1. The average Bonchev–Trinajstić information content (AvgIpc) is 3.14. The van der Waals surface area contributed by atoms with Gasteiger partial charge in [0.25, 0.3) is 5.56 Å². The van der Waals surface area contributed by atoms with Crippen LogP contribution in [0.25, 0.3) is 31.8 Å². The highest BCUT2D eigenvalue weighted by Gasteiger charge is 2.34. The number of fused-ring (bicyclic) bond motifs is 1. The van der Waals surface area contributed by atoms with Crippen molar-refractivity contribution >= 4 is 21.6 Å². The molecule has 1 aliphatic carbocycles. The lowest BCUT2D eigenvalue weighted by Gasteiger charge is -2.38. The van der Waals surface area contributed by atoms with Gasteiger partial charge in [-0.25, -0.2) is 4.98 Å². The number of hydrogen-bond acceptors (Lipinski definition) is 4. The van der Waals surface area contributed by atoms with E-state index >= 15 is 0 Å². The second kappa shape index (κ2) is 7.56. The van der Waals surface area contributed by atoms with E-state index in [1.54, 1.807) is 0 Å². The lowest BCUT2D eigenvalue weighted by molar-refractivity contribution is -0.141. The molecule has 8 heteroatoms. The molecule has 0 bridgehead atoms. The molecular weight excluding hydrogens is 435 g/mol. The highest BCUT2D eigenvalue weighted by atomic mass is 32.1. The summed E-state index contributed by atoms with van der Waals surface area (Å²) in [6.45, 7) is -1.37. The van der Waals surface area contributed by atoms with E-state index in [4.69, 9.17) is 5.73 Å². The lowest BCUT2D eigenvalue weighted by atomic mass is 9.72. The summed E-state index contributed by atoms with van der Waals surface area (Å²) in [4.78, 5) is 18.5. The molecule has 0 amide bonds. The first kappa shape index (κ1) is 20.9. The van der Waals surface area contributed by atoms with E-state index in [0.29, 0.717) is 15.0 Å². The van der Waals surface area contributed by atoms with E-state index in [1.165, 1.54) is 11.3 Å². The zero-order valence-electron chi connectivity index (χ0n) is 17.0. The normalized spacial score (nSPS) is 15.6. The number of rotatable bonds is 4. The van der Waals surface area contributed by atoms with Crippen molar-refractivity contribution in [3.63, 3.8) is 0 Å². The van der Waals surface area contributed by atoms with Gasteiger partial charge in [0, 0.05) is 16.0 Å². The maximum absolute atomic E-state index is 13.1. The van der Waals surface area contributed by atoms with Crippen LogP contribution in [0.1, 0.15) is 24.8 Å². The number of nitrogens with zero attached hydrogens (tertiary/aromatic N) is 2. The van der Waals surface area contributed by atoms with Crippen molar-refractivity contribution in [1.82, 2.24) is 9.55 Å².